The number of H-pyrrole nitrogens is 1. The molecule has 0 unspecified atom stereocenters. The van der Waals surface area contributed by atoms with E-state index in [1.54, 1.807) is 19.3 Å². The number of anilines is 1. The summed E-state index contributed by atoms with van der Waals surface area (Å²) in [5, 5.41) is 6.53. The van der Waals surface area contributed by atoms with Gasteiger partial charge in [-0.25, -0.2) is 0 Å². The van der Waals surface area contributed by atoms with Gasteiger partial charge in [0.2, 0.25) is 5.91 Å². The molecule has 2 aromatic carbocycles. The lowest BCUT2D eigenvalue weighted by Crippen LogP contribution is -2.24. The summed E-state index contributed by atoms with van der Waals surface area (Å²) in [6, 6.07) is 13.2. The van der Waals surface area contributed by atoms with Crippen LogP contribution in [0.3, 0.4) is 0 Å². The highest BCUT2D eigenvalue weighted by molar-refractivity contribution is 6.02. The molecule has 2 heterocycles. The van der Waals surface area contributed by atoms with Crippen LogP contribution in [-0.4, -0.2) is 53.5 Å². The number of nitrogens with zero attached hydrogens (tertiary/aromatic N) is 2. The van der Waals surface area contributed by atoms with Crippen molar-refractivity contribution in [3.8, 4) is 22.6 Å². The van der Waals surface area contributed by atoms with Crippen molar-refractivity contribution in [2.45, 2.75) is 40.0 Å². The number of hydrogen-bond acceptors (Lipinski definition) is 5. The van der Waals surface area contributed by atoms with Gasteiger partial charge in [-0.05, 0) is 88.3 Å². The summed E-state index contributed by atoms with van der Waals surface area (Å²) < 4.78 is 7.78. The van der Waals surface area contributed by atoms with Crippen molar-refractivity contribution >= 4 is 28.4 Å². The van der Waals surface area contributed by atoms with Crippen molar-refractivity contribution in [1.29, 1.82) is 0 Å². The molecule has 0 aliphatic carbocycles. The van der Waals surface area contributed by atoms with E-state index < -0.39 is 0 Å². The Kier molecular flexibility index (Phi) is 9.29. The summed E-state index contributed by atoms with van der Waals surface area (Å²) in [4.78, 5) is 43.1. The molecule has 0 fully saturated rings. The van der Waals surface area contributed by atoms with E-state index in [1.807, 2.05) is 71.3 Å². The molecule has 0 aliphatic rings. The number of rotatable bonds is 11. The Morgan fingerprint density at radius 1 is 1.05 bits per heavy atom. The second-order valence-electron chi connectivity index (χ2n) is 10.8. The zero-order valence-electron chi connectivity index (χ0n) is 24.7. The van der Waals surface area contributed by atoms with E-state index in [0.717, 1.165) is 41.6 Å². The summed E-state index contributed by atoms with van der Waals surface area (Å²) in [7, 11) is 5.67. The minimum Gasteiger partial charge on any atom is -0.457 e. The van der Waals surface area contributed by atoms with Crippen LogP contribution in [0.15, 0.2) is 53.5 Å². The molecule has 41 heavy (non-hydrogen) atoms. The molecule has 0 saturated carbocycles. The first-order valence-electron chi connectivity index (χ1n) is 13.9. The number of aryl methyl sites for hydroxylation is 3. The zero-order chi connectivity index (χ0) is 29.7. The maximum atomic E-state index is 12.9. The van der Waals surface area contributed by atoms with E-state index >= 15 is 0 Å². The molecule has 0 atom stereocenters. The molecule has 216 valence electrons. The fourth-order valence-corrected chi connectivity index (χ4v) is 4.69. The summed E-state index contributed by atoms with van der Waals surface area (Å²) in [5.41, 5.74) is 4.79. The summed E-state index contributed by atoms with van der Waals surface area (Å²) in [5.74, 6) is 0.936. The molecule has 4 aromatic rings. The molecule has 0 radical (unpaired) electrons. The van der Waals surface area contributed by atoms with Gasteiger partial charge in [0, 0.05) is 48.9 Å². The number of carbonyl (C=O) groups is 2. The molecule has 0 spiro atoms. The smallest absolute Gasteiger partial charge is 0.274 e. The number of amides is 2. The fourth-order valence-electron chi connectivity index (χ4n) is 4.69. The summed E-state index contributed by atoms with van der Waals surface area (Å²) >= 11 is 0. The topological polar surface area (TPSA) is 108 Å². The molecule has 0 saturated heterocycles. The third kappa shape index (κ3) is 7.24. The number of benzene rings is 2. The van der Waals surface area contributed by atoms with Crippen LogP contribution in [0, 0.1) is 13.8 Å². The molecule has 9 nitrogen and oxygen atoms in total. The molecule has 9 heteroatoms. The first-order chi connectivity index (χ1) is 19.5. The standard InChI is InChI=1S/C32H39N5O4/c1-7-12-33-31(39)28-18-25-26(19-37(6)32(40)30(25)35-28)22-14-20(2)15-24(16-22)41-23-11-10-21(3)27(17-23)34-29(38)9-8-13-36(4)5/h10-11,14-19,35H,7-9,12-13H2,1-6H3,(H,33,39)(H,34,38). The minimum absolute atomic E-state index is 0.0297. The summed E-state index contributed by atoms with van der Waals surface area (Å²) in [6.45, 7) is 7.31. The molecule has 0 aliphatic heterocycles. The normalized spacial score (nSPS) is 11.2. The predicted octanol–water partition coefficient (Wildman–Crippen LogP) is 5.36. The van der Waals surface area contributed by atoms with Gasteiger partial charge in [0.05, 0.1) is 0 Å². The highest BCUT2D eigenvalue weighted by Gasteiger charge is 2.17. The summed E-state index contributed by atoms with van der Waals surface area (Å²) in [6.07, 6.45) is 3.82. The van der Waals surface area contributed by atoms with Crippen molar-refractivity contribution in [3.05, 3.63) is 75.8 Å². The molecular weight excluding hydrogens is 518 g/mol. The number of hydrogen-bond donors (Lipinski definition) is 3. The molecule has 2 aromatic heterocycles. The Morgan fingerprint density at radius 2 is 1.83 bits per heavy atom. The first kappa shape index (κ1) is 29.6. The number of nitrogens with one attached hydrogen (secondary N) is 3. The van der Waals surface area contributed by atoms with Gasteiger partial charge >= 0.3 is 0 Å². The van der Waals surface area contributed by atoms with Crippen LogP contribution in [0.1, 0.15) is 47.8 Å². The van der Waals surface area contributed by atoms with Crippen molar-refractivity contribution in [3.63, 3.8) is 0 Å². The number of ether oxygens (including phenoxy) is 1. The highest BCUT2D eigenvalue weighted by Crippen LogP contribution is 2.34. The van der Waals surface area contributed by atoms with Crippen LogP contribution < -0.4 is 20.9 Å². The van der Waals surface area contributed by atoms with E-state index in [1.165, 1.54) is 4.57 Å². The monoisotopic (exact) mass is 557 g/mol. The fraction of sp³-hybridized carbons (Fsp3) is 0.344. The minimum atomic E-state index is -0.246. The Hall–Kier alpha value is -4.37. The third-order valence-electron chi connectivity index (χ3n) is 6.83. The van der Waals surface area contributed by atoms with Gasteiger partial charge in [0.25, 0.3) is 11.5 Å². The molecular formula is C32H39N5O4. The third-order valence-corrected chi connectivity index (χ3v) is 6.83. The zero-order valence-corrected chi connectivity index (χ0v) is 24.7. The van der Waals surface area contributed by atoms with Crippen LogP contribution in [0.4, 0.5) is 5.69 Å². The lowest BCUT2D eigenvalue weighted by molar-refractivity contribution is -0.116. The van der Waals surface area contributed by atoms with Gasteiger partial charge in [-0.3, -0.25) is 14.4 Å². The van der Waals surface area contributed by atoms with Crippen molar-refractivity contribution < 1.29 is 14.3 Å². The van der Waals surface area contributed by atoms with Gasteiger partial charge < -0.3 is 29.8 Å². The van der Waals surface area contributed by atoms with E-state index in [2.05, 4.69) is 20.5 Å². The van der Waals surface area contributed by atoms with Gasteiger partial charge in [0.15, 0.2) is 0 Å². The number of aromatic amines is 1. The largest absolute Gasteiger partial charge is 0.457 e. The second-order valence-corrected chi connectivity index (χ2v) is 10.8. The maximum absolute atomic E-state index is 12.9. The number of fused-ring (bicyclic) bond motifs is 1. The molecule has 0 bridgehead atoms. The van der Waals surface area contributed by atoms with Gasteiger partial charge in [-0.1, -0.05) is 19.1 Å². The number of aromatic nitrogens is 2. The molecule has 4 rings (SSSR count). The Morgan fingerprint density at radius 3 is 2.56 bits per heavy atom. The van der Waals surface area contributed by atoms with Crippen LogP contribution >= 0.6 is 0 Å². The van der Waals surface area contributed by atoms with Crippen molar-refractivity contribution in [1.82, 2.24) is 19.8 Å². The van der Waals surface area contributed by atoms with E-state index in [4.69, 9.17) is 4.74 Å². The van der Waals surface area contributed by atoms with E-state index in [-0.39, 0.29) is 17.4 Å². The average Bonchev–Trinajstić information content (AvgIpc) is 3.36. The SMILES string of the molecule is CCCNC(=O)c1cc2c(-c3cc(C)cc(Oc4ccc(C)c(NC(=O)CCCN(C)C)c4)c3)cn(C)c(=O)c2[nH]1. The second kappa shape index (κ2) is 12.9. The van der Waals surface area contributed by atoms with E-state index in [9.17, 15) is 14.4 Å². The first-order valence-corrected chi connectivity index (χ1v) is 13.9. The Balaban J connectivity index is 1.63. The number of pyridine rings is 1. The highest BCUT2D eigenvalue weighted by atomic mass is 16.5. The predicted molar refractivity (Wildman–Crippen MR) is 164 cm³/mol. The Labute approximate surface area is 240 Å². The lowest BCUT2D eigenvalue weighted by Gasteiger charge is -2.14. The van der Waals surface area contributed by atoms with Crippen molar-refractivity contribution in [2.75, 3.05) is 32.5 Å². The van der Waals surface area contributed by atoms with Crippen molar-refractivity contribution in [2.24, 2.45) is 7.05 Å². The van der Waals surface area contributed by atoms with Gasteiger partial charge in [-0.2, -0.15) is 0 Å². The average molecular weight is 558 g/mol. The van der Waals surface area contributed by atoms with E-state index in [0.29, 0.717) is 46.7 Å². The van der Waals surface area contributed by atoms with Crippen LogP contribution in [0.25, 0.3) is 22.0 Å². The van der Waals surface area contributed by atoms with Gasteiger partial charge in [-0.15, -0.1) is 0 Å². The maximum Gasteiger partial charge on any atom is 0.274 e. The van der Waals surface area contributed by atoms with Gasteiger partial charge in [0.1, 0.15) is 22.7 Å². The lowest BCUT2D eigenvalue weighted by atomic mass is 10.0. The van der Waals surface area contributed by atoms with Crippen LogP contribution in [-0.2, 0) is 11.8 Å². The van der Waals surface area contributed by atoms with Crippen LogP contribution in [0.5, 0.6) is 11.5 Å². The molecule has 3 N–H and O–H groups in total. The quantitative estimate of drug-likeness (QED) is 0.230. The Bertz CT molecular complexity index is 1630. The van der Waals surface area contributed by atoms with Crippen LogP contribution in [0.2, 0.25) is 0 Å². The molecule has 2 amide bonds. The number of carbonyl (C=O) groups excluding carboxylic acids is 2.